The zero-order chi connectivity index (χ0) is 18.4. The Bertz CT molecular complexity index is 600. The van der Waals surface area contributed by atoms with Crippen molar-refractivity contribution in [2.45, 2.75) is 32.9 Å². The molecule has 1 saturated heterocycles. The van der Waals surface area contributed by atoms with Crippen molar-refractivity contribution in [3.05, 3.63) is 29.3 Å². The molecule has 0 aliphatic carbocycles. The molecule has 7 heteroatoms. The third-order valence-corrected chi connectivity index (χ3v) is 4.79. The fourth-order valence-electron chi connectivity index (χ4n) is 3.14. The van der Waals surface area contributed by atoms with Gasteiger partial charge in [-0.2, -0.15) is 0 Å². The van der Waals surface area contributed by atoms with Crippen LogP contribution in [-0.4, -0.2) is 56.6 Å². The molecule has 6 nitrogen and oxygen atoms in total. The molecule has 0 bridgehead atoms. The Morgan fingerprint density at radius 1 is 1.16 bits per heavy atom. The Morgan fingerprint density at radius 2 is 1.84 bits per heavy atom. The Balaban J connectivity index is 1.79. The molecular formula is C18H29ClN4O2+2. The number of carbonyl (C=O) groups is 2. The number of piperazine rings is 1. The highest BCUT2D eigenvalue weighted by Crippen LogP contribution is 2.14. The van der Waals surface area contributed by atoms with Gasteiger partial charge in [0, 0.05) is 16.8 Å². The van der Waals surface area contributed by atoms with E-state index in [1.165, 1.54) is 9.80 Å². The fraction of sp³-hybridized carbons (Fsp3) is 0.556. The number of carbonyl (C=O) groups excluding carboxylic acids is 2. The Kier molecular flexibility index (Phi) is 7.23. The predicted octanol–water partition coefficient (Wildman–Crippen LogP) is -1.02. The van der Waals surface area contributed by atoms with Gasteiger partial charge in [-0.3, -0.25) is 9.59 Å². The van der Waals surface area contributed by atoms with Crippen molar-refractivity contribution in [2.24, 2.45) is 0 Å². The van der Waals surface area contributed by atoms with E-state index in [-0.39, 0.29) is 23.9 Å². The van der Waals surface area contributed by atoms with E-state index in [4.69, 9.17) is 11.6 Å². The Labute approximate surface area is 154 Å². The van der Waals surface area contributed by atoms with E-state index >= 15 is 0 Å². The number of hydrogen-bond donors (Lipinski definition) is 4. The van der Waals surface area contributed by atoms with Gasteiger partial charge in [0.1, 0.15) is 26.2 Å². The van der Waals surface area contributed by atoms with Crippen LogP contribution in [0, 0.1) is 0 Å². The summed E-state index contributed by atoms with van der Waals surface area (Å²) < 4.78 is 0. The van der Waals surface area contributed by atoms with Gasteiger partial charge < -0.3 is 20.4 Å². The van der Waals surface area contributed by atoms with Crippen LogP contribution in [0.1, 0.15) is 20.8 Å². The summed E-state index contributed by atoms with van der Waals surface area (Å²) in [6.07, 6.45) is 0. The molecule has 0 saturated carbocycles. The van der Waals surface area contributed by atoms with Crippen molar-refractivity contribution in [3.63, 3.8) is 0 Å². The first-order valence-electron chi connectivity index (χ1n) is 8.89. The van der Waals surface area contributed by atoms with Crippen LogP contribution in [0.3, 0.4) is 0 Å². The molecular weight excluding hydrogens is 340 g/mol. The van der Waals surface area contributed by atoms with Crippen molar-refractivity contribution in [2.75, 3.05) is 38.0 Å². The van der Waals surface area contributed by atoms with Crippen molar-refractivity contribution in [1.29, 1.82) is 0 Å². The van der Waals surface area contributed by atoms with E-state index in [1.807, 2.05) is 32.9 Å². The lowest BCUT2D eigenvalue weighted by molar-refractivity contribution is -1.01. The van der Waals surface area contributed by atoms with Crippen molar-refractivity contribution in [3.8, 4) is 0 Å². The van der Waals surface area contributed by atoms with E-state index in [0.717, 1.165) is 31.9 Å². The molecule has 4 N–H and O–H groups in total. The van der Waals surface area contributed by atoms with E-state index in [1.54, 1.807) is 12.1 Å². The Morgan fingerprint density at radius 3 is 2.44 bits per heavy atom. The molecule has 1 aliphatic heterocycles. The van der Waals surface area contributed by atoms with E-state index in [0.29, 0.717) is 11.6 Å². The van der Waals surface area contributed by atoms with Gasteiger partial charge in [0.2, 0.25) is 0 Å². The second kappa shape index (κ2) is 9.17. The van der Waals surface area contributed by atoms with Crippen molar-refractivity contribution < 1.29 is 19.4 Å². The van der Waals surface area contributed by atoms with Crippen LogP contribution in [0.2, 0.25) is 5.02 Å². The summed E-state index contributed by atoms with van der Waals surface area (Å²) in [6, 6.07) is 7.22. The van der Waals surface area contributed by atoms with Gasteiger partial charge in [-0.15, -0.1) is 0 Å². The number of anilines is 1. The van der Waals surface area contributed by atoms with Gasteiger partial charge >= 0.3 is 0 Å². The number of halogens is 1. The molecule has 2 rings (SSSR count). The minimum absolute atomic E-state index is 0.00160. The molecule has 1 aliphatic rings. The molecule has 0 unspecified atom stereocenters. The molecule has 1 atom stereocenters. The van der Waals surface area contributed by atoms with Crippen LogP contribution in [0.4, 0.5) is 5.69 Å². The lowest BCUT2D eigenvalue weighted by Gasteiger charge is -2.32. The first kappa shape index (κ1) is 19.7. The predicted molar refractivity (Wildman–Crippen MR) is 99.1 cm³/mol. The molecule has 1 heterocycles. The topological polar surface area (TPSA) is 67.1 Å². The number of amides is 2. The zero-order valence-corrected chi connectivity index (χ0v) is 16.0. The number of nitrogens with one attached hydrogen (secondary N) is 4. The third kappa shape index (κ3) is 6.30. The molecule has 1 fully saturated rings. The normalized spacial score (nSPS) is 21.6. The quantitative estimate of drug-likeness (QED) is 0.519. The van der Waals surface area contributed by atoms with Gasteiger partial charge in [0.25, 0.3) is 11.8 Å². The minimum Gasteiger partial charge on any atom is -0.349 e. The molecule has 0 aromatic heterocycles. The maximum Gasteiger partial charge on any atom is 0.282 e. The van der Waals surface area contributed by atoms with Crippen LogP contribution in [0.15, 0.2) is 24.3 Å². The van der Waals surface area contributed by atoms with E-state index in [2.05, 4.69) is 10.6 Å². The molecule has 25 heavy (non-hydrogen) atoms. The van der Waals surface area contributed by atoms with Gasteiger partial charge in [-0.05, 0) is 39.0 Å². The first-order chi connectivity index (χ1) is 11.8. The summed E-state index contributed by atoms with van der Waals surface area (Å²) >= 11 is 5.95. The SMILES string of the molecule is CC(C)NC(=O)C[NH+]1CC[NH+]([C@H](C)C(=O)Nc2cccc(Cl)c2)CC1. The van der Waals surface area contributed by atoms with E-state index in [9.17, 15) is 9.59 Å². The van der Waals surface area contributed by atoms with Crippen LogP contribution < -0.4 is 20.4 Å². The third-order valence-electron chi connectivity index (χ3n) is 4.56. The summed E-state index contributed by atoms with van der Waals surface area (Å²) in [5.74, 6) is 0.0958. The van der Waals surface area contributed by atoms with Gasteiger partial charge in [-0.25, -0.2) is 0 Å². The molecule has 2 amide bonds. The summed E-state index contributed by atoms with van der Waals surface area (Å²) in [7, 11) is 0. The molecule has 1 aromatic rings. The minimum atomic E-state index is -0.134. The average Bonchev–Trinajstić information content (AvgIpc) is 2.54. The number of hydrogen-bond acceptors (Lipinski definition) is 2. The van der Waals surface area contributed by atoms with Crippen LogP contribution in [0.5, 0.6) is 0 Å². The first-order valence-corrected chi connectivity index (χ1v) is 9.27. The van der Waals surface area contributed by atoms with Gasteiger partial charge in [-0.1, -0.05) is 17.7 Å². The zero-order valence-electron chi connectivity index (χ0n) is 15.2. The average molecular weight is 369 g/mol. The van der Waals surface area contributed by atoms with E-state index < -0.39 is 0 Å². The van der Waals surface area contributed by atoms with Crippen molar-refractivity contribution >= 4 is 29.1 Å². The second-order valence-corrected chi connectivity index (χ2v) is 7.46. The summed E-state index contributed by atoms with van der Waals surface area (Å²) in [5.41, 5.74) is 0.721. The van der Waals surface area contributed by atoms with Crippen molar-refractivity contribution in [1.82, 2.24) is 5.32 Å². The monoisotopic (exact) mass is 368 g/mol. The summed E-state index contributed by atoms with van der Waals surface area (Å²) in [6.45, 7) is 9.96. The number of benzene rings is 1. The molecule has 138 valence electrons. The van der Waals surface area contributed by atoms with Gasteiger partial charge in [0.15, 0.2) is 12.6 Å². The van der Waals surface area contributed by atoms with Crippen LogP contribution >= 0.6 is 11.6 Å². The maximum absolute atomic E-state index is 12.5. The highest BCUT2D eigenvalue weighted by Gasteiger charge is 2.31. The van der Waals surface area contributed by atoms with Crippen LogP contribution in [0.25, 0.3) is 0 Å². The largest absolute Gasteiger partial charge is 0.349 e. The second-order valence-electron chi connectivity index (χ2n) is 7.03. The molecule has 0 spiro atoms. The maximum atomic E-state index is 12.5. The highest BCUT2D eigenvalue weighted by atomic mass is 35.5. The lowest BCUT2D eigenvalue weighted by Crippen LogP contribution is -3.30. The number of rotatable bonds is 6. The van der Waals surface area contributed by atoms with Crippen LogP contribution in [-0.2, 0) is 9.59 Å². The fourth-order valence-corrected chi connectivity index (χ4v) is 3.33. The molecule has 0 radical (unpaired) electrons. The standard InChI is InChI=1S/C18H27ClN4O2/c1-13(2)20-17(24)12-22-7-9-23(10-8-22)14(3)18(25)21-16-6-4-5-15(19)11-16/h4-6,11,13-14H,7-10,12H2,1-3H3,(H,20,24)(H,21,25)/p+2/t14-/m1/s1. The summed E-state index contributed by atoms with van der Waals surface area (Å²) in [4.78, 5) is 26.9. The lowest BCUT2D eigenvalue weighted by atomic mass is 10.2. The summed E-state index contributed by atoms with van der Waals surface area (Å²) in [5, 5.41) is 6.47. The molecule has 1 aromatic carbocycles. The number of quaternary nitrogens is 2. The Hall–Kier alpha value is -1.63. The smallest absolute Gasteiger partial charge is 0.282 e. The van der Waals surface area contributed by atoms with Gasteiger partial charge in [0.05, 0.1) is 0 Å². The highest BCUT2D eigenvalue weighted by molar-refractivity contribution is 6.30.